The van der Waals surface area contributed by atoms with Crippen LogP contribution in [0.15, 0.2) is 0 Å². The van der Waals surface area contributed by atoms with Gasteiger partial charge in [0.05, 0.1) is 19.6 Å². The van der Waals surface area contributed by atoms with Crippen molar-refractivity contribution in [3.8, 4) is 6.07 Å². The largest absolute Gasteiger partial charge is 0.465 e. The van der Waals surface area contributed by atoms with Crippen LogP contribution in [-0.2, 0) is 4.74 Å². The average molecular weight is 260 g/mol. The summed E-state index contributed by atoms with van der Waals surface area (Å²) in [7, 11) is 3.07. The zero-order valence-corrected chi connectivity index (χ0v) is 10.4. The van der Waals surface area contributed by atoms with Crippen LogP contribution in [0.4, 0.5) is 5.13 Å². The summed E-state index contributed by atoms with van der Waals surface area (Å²) in [5, 5.41) is 9.19. The van der Waals surface area contributed by atoms with Crippen LogP contribution in [0.3, 0.4) is 0 Å². The van der Waals surface area contributed by atoms with E-state index in [2.05, 4.69) is 9.72 Å². The molecule has 1 rings (SSSR count). The second kappa shape index (κ2) is 5.68. The van der Waals surface area contributed by atoms with E-state index in [0.29, 0.717) is 18.1 Å². The molecule has 0 spiro atoms. The number of hydrogen-bond acceptors (Lipinski definition) is 6. The molecular formula is C9H10ClN3O2S. The number of anilines is 1. The maximum atomic E-state index is 11.3. The van der Waals surface area contributed by atoms with Crippen LogP contribution in [0.5, 0.6) is 0 Å². The predicted octanol–water partition coefficient (Wildman–Crippen LogP) is 1.93. The second-order valence-corrected chi connectivity index (χ2v) is 4.27. The molecular weight excluding hydrogens is 250 g/mol. The molecule has 7 heteroatoms. The molecule has 0 aromatic carbocycles. The van der Waals surface area contributed by atoms with E-state index in [1.807, 2.05) is 6.07 Å². The van der Waals surface area contributed by atoms with Gasteiger partial charge in [-0.3, -0.25) is 0 Å². The smallest absolute Gasteiger partial charge is 0.351 e. The molecule has 0 atom stereocenters. The predicted molar refractivity (Wildman–Crippen MR) is 62.0 cm³/mol. The van der Waals surface area contributed by atoms with Crippen molar-refractivity contribution < 1.29 is 9.53 Å². The molecule has 0 saturated heterocycles. The first-order valence-electron chi connectivity index (χ1n) is 4.43. The molecule has 86 valence electrons. The van der Waals surface area contributed by atoms with Crippen LogP contribution >= 0.6 is 22.9 Å². The molecule has 0 saturated carbocycles. The molecule has 0 radical (unpaired) electrons. The van der Waals surface area contributed by atoms with E-state index in [4.69, 9.17) is 16.9 Å². The van der Waals surface area contributed by atoms with Crippen LogP contribution in [-0.4, -0.2) is 31.7 Å². The van der Waals surface area contributed by atoms with Crippen molar-refractivity contribution in [1.29, 1.82) is 5.26 Å². The Kier molecular flexibility index (Phi) is 4.52. The van der Waals surface area contributed by atoms with E-state index in [1.54, 1.807) is 11.9 Å². The van der Waals surface area contributed by atoms with Crippen molar-refractivity contribution in [2.45, 2.75) is 6.42 Å². The summed E-state index contributed by atoms with van der Waals surface area (Å²) in [6, 6.07) is 2.03. The van der Waals surface area contributed by atoms with Gasteiger partial charge in [-0.2, -0.15) is 5.26 Å². The number of nitriles is 1. The fourth-order valence-electron chi connectivity index (χ4n) is 0.986. The molecule has 0 bridgehead atoms. The van der Waals surface area contributed by atoms with Gasteiger partial charge in [-0.15, -0.1) is 0 Å². The van der Waals surface area contributed by atoms with Gasteiger partial charge in [-0.05, 0) is 0 Å². The molecule has 0 aliphatic rings. The fourth-order valence-corrected chi connectivity index (χ4v) is 2.17. The van der Waals surface area contributed by atoms with E-state index < -0.39 is 5.97 Å². The second-order valence-electron chi connectivity index (χ2n) is 2.94. The molecule has 1 aromatic heterocycles. The first-order chi connectivity index (χ1) is 7.60. The number of halogens is 1. The molecule has 0 N–H and O–H groups in total. The van der Waals surface area contributed by atoms with Crippen molar-refractivity contribution in [2.24, 2.45) is 0 Å². The zero-order valence-electron chi connectivity index (χ0n) is 8.86. The summed E-state index contributed by atoms with van der Waals surface area (Å²) in [5.74, 6) is -0.498. The summed E-state index contributed by atoms with van der Waals surface area (Å²) < 4.78 is 4.57. The summed E-state index contributed by atoms with van der Waals surface area (Å²) in [6.07, 6.45) is 0.390. The van der Waals surface area contributed by atoms with Crippen molar-refractivity contribution in [1.82, 2.24) is 4.98 Å². The third-order valence-corrected chi connectivity index (χ3v) is 3.37. The molecule has 1 heterocycles. The molecule has 0 unspecified atom stereocenters. The van der Waals surface area contributed by atoms with E-state index in [9.17, 15) is 4.79 Å². The maximum Gasteiger partial charge on any atom is 0.351 e. The minimum absolute atomic E-state index is 0.135. The topological polar surface area (TPSA) is 66.2 Å². The van der Waals surface area contributed by atoms with Gasteiger partial charge >= 0.3 is 5.97 Å². The lowest BCUT2D eigenvalue weighted by Gasteiger charge is -2.12. The number of thiazole rings is 1. The van der Waals surface area contributed by atoms with Crippen molar-refractivity contribution in [2.75, 3.05) is 25.6 Å². The quantitative estimate of drug-likeness (QED) is 0.773. The van der Waals surface area contributed by atoms with Gasteiger partial charge in [-0.25, -0.2) is 9.78 Å². The Hall–Kier alpha value is -1.32. The summed E-state index contributed by atoms with van der Waals surface area (Å²) >= 11 is 6.95. The molecule has 0 fully saturated rings. The van der Waals surface area contributed by atoms with Crippen LogP contribution in [0.25, 0.3) is 0 Å². The first kappa shape index (κ1) is 12.7. The number of nitrogens with zero attached hydrogens (tertiary/aromatic N) is 3. The lowest BCUT2D eigenvalue weighted by molar-refractivity contribution is 0.0606. The zero-order chi connectivity index (χ0) is 12.1. The third kappa shape index (κ3) is 2.84. The van der Waals surface area contributed by atoms with Crippen LogP contribution in [0.2, 0.25) is 5.15 Å². The number of carbonyl (C=O) groups is 1. The van der Waals surface area contributed by atoms with Gasteiger partial charge in [0.15, 0.2) is 15.2 Å². The van der Waals surface area contributed by atoms with Gasteiger partial charge in [0.25, 0.3) is 0 Å². The highest BCUT2D eigenvalue weighted by Crippen LogP contribution is 2.29. The Morgan fingerprint density at radius 2 is 2.44 bits per heavy atom. The molecule has 0 aliphatic heterocycles. The minimum atomic E-state index is -0.498. The Balaban J connectivity index is 2.84. The van der Waals surface area contributed by atoms with Gasteiger partial charge in [0, 0.05) is 13.6 Å². The number of methoxy groups -OCH3 is 1. The normalized spacial score (nSPS) is 9.62. The van der Waals surface area contributed by atoms with Crippen LogP contribution in [0, 0.1) is 11.3 Å². The maximum absolute atomic E-state index is 11.3. The average Bonchev–Trinajstić information content (AvgIpc) is 2.67. The number of hydrogen-bond donors (Lipinski definition) is 0. The number of carbonyl (C=O) groups excluding carboxylic acids is 1. The number of esters is 1. The van der Waals surface area contributed by atoms with Crippen LogP contribution < -0.4 is 4.90 Å². The Morgan fingerprint density at radius 3 is 3.00 bits per heavy atom. The summed E-state index contributed by atoms with van der Waals surface area (Å²) in [5.41, 5.74) is 0. The van der Waals surface area contributed by atoms with Crippen LogP contribution in [0.1, 0.15) is 16.1 Å². The first-order valence-corrected chi connectivity index (χ1v) is 5.62. The molecule has 5 nitrogen and oxygen atoms in total. The lowest BCUT2D eigenvalue weighted by Crippen LogP contribution is -2.17. The molecule has 1 aromatic rings. The van der Waals surface area contributed by atoms with Crippen molar-refractivity contribution in [3.05, 3.63) is 10.0 Å². The minimum Gasteiger partial charge on any atom is -0.465 e. The lowest BCUT2D eigenvalue weighted by atomic mass is 10.4. The molecule has 0 aliphatic carbocycles. The van der Waals surface area contributed by atoms with E-state index in [1.165, 1.54) is 7.11 Å². The SMILES string of the molecule is COC(=O)c1sc(N(C)CCC#N)nc1Cl. The van der Waals surface area contributed by atoms with E-state index in [-0.39, 0.29) is 10.0 Å². The van der Waals surface area contributed by atoms with Gasteiger partial charge in [0.1, 0.15) is 0 Å². The highest BCUT2D eigenvalue weighted by atomic mass is 35.5. The van der Waals surface area contributed by atoms with Crippen molar-refractivity contribution in [3.63, 3.8) is 0 Å². The summed E-state index contributed by atoms with van der Waals surface area (Å²) in [4.78, 5) is 17.4. The monoisotopic (exact) mass is 259 g/mol. The van der Waals surface area contributed by atoms with Gasteiger partial charge in [0.2, 0.25) is 0 Å². The highest BCUT2D eigenvalue weighted by Gasteiger charge is 2.18. The summed E-state index contributed by atoms with van der Waals surface area (Å²) in [6.45, 7) is 0.543. The fraction of sp³-hybridized carbons (Fsp3) is 0.444. The third-order valence-electron chi connectivity index (χ3n) is 1.83. The van der Waals surface area contributed by atoms with E-state index in [0.717, 1.165) is 11.3 Å². The highest BCUT2D eigenvalue weighted by molar-refractivity contribution is 7.18. The van der Waals surface area contributed by atoms with Gasteiger partial charge < -0.3 is 9.64 Å². The molecule has 0 amide bonds. The Bertz CT molecular complexity index is 427. The Morgan fingerprint density at radius 1 is 1.75 bits per heavy atom. The number of rotatable bonds is 4. The molecule has 16 heavy (non-hydrogen) atoms. The van der Waals surface area contributed by atoms with Gasteiger partial charge in [-0.1, -0.05) is 22.9 Å². The van der Waals surface area contributed by atoms with E-state index >= 15 is 0 Å². The number of ether oxygens (including phenoxy) is 1. The number of aromatic nitrogens is 1. The Labute approximate surface area is 102 Å². The standard InChI is InChI=1S/C9H10ClN3O2S/c1-13(5-3-4-11)9-12-7(10)6(16-9)8(14)15-2/h3,5H2,1-2H3. The van der Waals surface area contributed by atoms with Crippen molar-refractivity contribution >= 4 is 34.0 Å².